The van der Waals surface area contributed by atoms with Gasteiger partial charge in [-0.2, -0.15) is 0 Å². The van der Waals surface area contributed by atoms with Crippen molar-refractivity contribution in [3.05, 3.63) is 133 Å². The Hall–Kier alpha value is -4.70. The van der Waals surface area contributed by atoms with Gasteiger partial charge in [-0.05, 0) is 60.7 Å². The Bertz CT molecular complexity index is 1340. The first-order valence-corrected chi connectivity index (χ1v) is 12.5. The zero-order valence-electron chi connectivity index (χ0n) is 21.5. The quantitative estimate of drug-likeness (QED) is 0.238. The molecule has 5 aromatic carbocycles. The van der Waals surface area contributed by atoms with Crippen LogP contribution in [-0.2, 0) is 0 Å². The summed E-state index contributed by atoms with van der Waals surface area (Å²) in [7, 11) is 6.21. The highest BCUT2D eigenvalue weighted by Gasteiger charge is 2.25. The third kappa shape index (κ3) is 4.87. The zero-order chi connectivity index (χ0) is 25.6. The summed E-state index contributed by atoms with van der Waals surface area (Å²) in [6, 6.07) is 46.5. The summed E-state index contributed by atoms with van der Waals surface area (Å²) in [5, 5.41) is 3.55. The molecule has 5 aromatic rings. The van der Waals surface area contributed by atoms with Crippen molar-refractivity contribution in [1.29, 1.82) is 0 Å². The molecule has 0 saturated heterocycles. The molecule has 184 valence electrons. The summed E-state index contributed by atoms with van der Waals surface area (Å²) in [4.78, 5) is 6.81. The first kappa shape index (κ1) is 24.0. The SMILES string of the molecule is CNc1c(N(c2ccccc2)c2ccccc2)ccc(N(c2ccccc2)c2ccccc2)c1N(C)C. The third-order valence-electron chi connectivity index (χ3n) is 6.37. The molecule has 0 bridgehead atoms. The van der Waals surface area contributed by atoms with Gasteiger partial charge in [0.1, 0.15) is 0 Å². The second kappa shape index (κ2) is 10.9. The van der Waals surface area contributed by atoms with Crippen molar-refractivity contribution in [2.75, 3.05) is 41.2 Å². The van der Waals surface area contributed by atoms with E-state index in [0.29, 0.717) is 0 Å². The topological polar surface area (TPSA) is 21.8 Å². The van der Waals surface area contributed by atoms with Gasteiger partial charge in [0.15, 0.2) is 0 Å². The number of benzene rings is 5. The van der Waals surface area contributed by atoms with Gasteiger partial charge in [-0.25, -0.2) is 0 Å². The molecule has 0 aliphatic rings. The summed E-state index contributed by atoms with van der Waals surface area (Å²) in [5.74, 6) is 0. The van der Waals surface area contributed by atoms with Gasteiger partial charge < -0.3 is 20.0 Å². The Morgan fingerprint density at radius 3 is 1.08 bits per heavy atom. The first-order valence-electron chi connectivity index (χ1n) is 12.5. The Balaban J connectivity index is 1.77. The Morgan fingerprint density at radius 2 is 0.757 bits per heavy atom. The maximum atomic E-state index is 3.55. The van der Waals surface area contributed by atoms with Crippen LogP contribution in [0.25, 0.3) is 0 Å². The largest absolute Gasteiger partial charge is 0.385 e. The normalized spacial score (nSPS) is 10.6. The van der Waals surface area contributed by atoms with Crippen LogP contribution in [0.4, 0.5) is 45.5 Å². The van der Waals surface area contributed by atoms with Gasteiger partial charge >= 0.3 is 0 Å². The predicted octanol–water partition coefficient (Wildman–Crippen LogP) is 8.73. The molecule has 37 heavy (non-hydrogen) atoms. The summed E-state index contributed by atoms with van der Waals surface area (Å²) in [6.07, 6.45) is 0. The Morgan fingerprint density at radius 1 is 0.432 bits per heavy atom. The predicted molar refractivity (Wildman–Crippen MR) is 160 cm³/mol. The zero-order valence-corrected chi connectivity index (χ0v) is 21.5. The van der Waals surface area contributed by atoms with Gasteiger partial charge in [-0.1, -0.05) is 72.8 Å². The minimum atomic E-state index is 1.05. The summed E-state index contributed by atoms with van der Waals surface area (Å²) >= 11 is 0. The molecule has 0 aliphatic heterocycles. The fraction of sp³-hybridized carbons (Fsp3) is 0.0909. The fourth-order valence-electron chi connectivity index (χ4n) is 4.80. The smallest absolute Gasteiger partial charge is 0.0863 e. The van der Waals surface area contributed by atoms with E-state index in [0.717, 1.165) is 45.5 Å². The van der Waals surface area contributed by atoms with Gasteiger partial charge in [0.25, 0.3) is 0 Å². The summed E-state index contributed by atoms with van der Waals surface area (Å²) in [6.45, 7) is 0. The van der Waals surface area contributed by atoms with Gasteiger partial charge in [0.2, 0.25) is 0 Å². The van der Waals surface area contributed by atoms with Gasteiger partial charge in [-0.3, -0.25) is 0 Å². The average Bonchev–Trinajstić information content (AvgIpc) is 2.96. The molecule has 0 atom stereocenters. The molecule has 0 heterocycles. The highest BCUT2D eigenvalue weighted by molar-refractivity contribution is 5.99. The van der Waals surface area contributed by atoms with Crippen LogP contribution < -0.4 is 20.0 Å². The average molecular weight is 485 g/mol. The maximum absolute atomic E-state index is 3.55. The van der Waals surface area contributed by atoms with Crippen molar-refractivity contribution in [3.8, 4) is 0 Å². The lowest BCUT2D eigenvalue weighted by Crippen LogP contribution is -2.20. The second-order valence-corrected chi connectivity index (χ2v) is 8.98. The fourth-order valence-corrected chi connectivity index (χ4v) is 4.80. The van der Waals surface area contributed by atoms with Crippen molar-refractivity contribution >= 4 is 45.5 Å². The first-order chi connectivity index (χ1) is 18.2. The van der Waals surface area contributed by atoms with Gasteiger partial charge in [0, 0.05) is 43.9 Å². The van der Waals surface area contributed by atoms with E-state index in [9.17, 15) is 0 Å². The van der Waals surface area contributed by atoms with Crippen LogP contribution in [0.1, 0.15) is 0 Å². The molecule has 0 radical (unpaired) electrons. The van der Waals surface area contributed by atoms with E-state index in [1.54, 1.807) is 0 Å². The van der Waals surface area contributed by atoms with Crippen LogP contribution in [0.15, 0.2) is 133 Å². The van der Waals surface area contributed by atoms with Crippen molar-refractivity contribution in [3.63, 3.8) is 0 Å². The van der Waals surface area contributed by atoms with E-state index in [2.05, 4.69) is 168 Å². The number of hydrogen-bond acceptors (Lipinski definition) is 4. The minimum Gasteiger partial charge on any atom is -0.385 e. The number of rotatable bonds is 8. The number of para-hydroxylation sites is 4. The van der Waals surface area contributed by atoms with Crippen molar-refractivity contribution in [1.82, 2.24) is 0 Å². The van der Waals surface area contributed by atoms with Crippen LogP contribution in [-0.4, -0.2) is 21.1 Å². The van der Waals surface area contributed by atoms with Gasteiger partial charge in [-0.15, -0.1) is 0 Å². The highest BCUT2D eigenvalue weighted by Crippen LogP contribution is 2.49. The van der Waals surface area contributed by atoms with E-state index in [-0.39, 0.29) is 0 Å². The Labute approximate surface area is 220 Å². The molecule has 0 amide bonds. The lowest BCUT2D eigenvalue weighted by atomic mass is 10.1. The monoisotopic (exact) mass is 484 g/mol. The second-order valence-electron chi connectivity index (χ2n) is 8.98. The van der Waals surface area contributed by atoms with Crippen LogP contribution in [0.3, 0.4) is 0 Å². The molecule has 5 rings (SSSR count). The molecule has 0 unspecified atom stereocenters. The van der Waals surface area contributed by atoms with Gasteiger partial charge in [0.05, 0.1) is 22.7 Å². The molecule has 4 heteroatoms. The van der Waals surface area contributed by atoms with Crippen LogP contribution in [0.5, 0.6) is 0 Å². The Kier molecular flexibility index (Phi) is 7.09. The van der Waals surface area contributed by atoms with Crippen molar-refractivity contribution in [2.24, 2.45) is 0 Å². The molecule has 0 aromatic heterocycles. The van der Waals surface area contributed by atoms with E-state index in [1.807, 2.05) is 7.05 Å². The van der Waals surface area contributed by atoms with Crippen molar-refractivity contribution < 1.29 is 0 Å². The standard InChI is InChI=1S/C33H32N4/c1-34-32-30(36(26-16-8-4-9-17-26)27-18-10-5-11-19-27)24-25-31(33(32)35(2)3)37(28-20-12-6-13-21-28)29-22-14-7-15-23-29/h4-25,34H,1-3H3. The molecule has 0 aliphatic carbocycles. The minimum absolute atomic E-state index is 1.05. The number of hydrogen-bond donors (Lipinski definition) is 1. The van der Waals surface area contributed by atoms with Crippen molar-refractivity contribution in [2.45, 2.75) is 0 Å². The molecule has 0 fully saturated rings. The van der Waals surface area contributed by atoms with E-state index in [4.69, 9.17) is 0 Å². The van der Waals surface area contributed by atoms with Crippen LogP contribution in [0, 0.1) is 0 Å². The number of nitrogens with one attached hydrogen (secondary N) is 1. The lowest BCUT2D eigenvalue weighted by molar-refractivity contribution is 1.11. The number of nitrogens with zero attached hydrogens (tertiary/aromatic N) is 3. The molecule has 1 N–H and O–H groups in total. The van der Waals surface area contributed by atoms with Crippen LogP contribution >= 0.6 is 0 Å². The molecule has 4 nitrogen and oxygen atoms in total. The number of anilines is 8. The van der Waals surface area contributed by atoms with Crippen LogP contribution in [0.2, 0.25) is 0 Å². The molecular weight excluding hydrogens is 452 g/mol. The molecule has 0 spiro atoms. The highest BCUT2D eigenvalue weighted by atomic mass is 15.2. The van der Waals surface area contributed by atoms with E-state index >= 15 is 0 Å². The summed E-state index contributed by atoms with van der Waals surface area (Å²) in [5.41, 5.74) is 8.74. The third-order valence-corrected chi connectivity index (χ3v) is 6.37. The van der Waals surface area contributed by atoms with E-state index in [1.165, 1.54) is 0 Å². The molecular formula is C33H32N4. The summed E-state index contributed by atoms with van der Waals surface area (Å²) < 4.78 is 0. The lowest BCUT2D eigenvalue weighted by Gasteiger charge is -2.34. The van der Waals surface area contributed by atoms with E-state index < -0.39 is 0 Å². The molecule has 0 saturated carbocycles. The maximum Gasteiger partial charge on any atom is 0.0863 e.